The third-order valence-electron chi connectivity index (χ3n) is 2.21. The molecule has 0 saturated heterocycles. The lowest BCUT2D eigenvalue weighted by Gasteiger charge is -2.15. The van der Waals surface area contributed by atoms with Crippen molar-refractivity contribution in [3.05, 3.63) is 17.5 Å². The molecule has 118 valence electrons. The summed E-state index contributed by atoms with van der Waals surface area (Å²) in [5, 5.41) is 9.56. The minimum absolute atomic E-state index is 0.0676. The van der Waals surface area contributed by atoms with Crippen molar-refractivity contribution in [2.24, 2.45) is 0 Å². The van der Waals surface area contributed by atoms with Crippen LogP contribution in [0.15, 0.2) is 6.20 Å². The third-order valence-corrected chi connectivity index (χ3v) is 2.21. The van der Waals surface area contributed by atoms with Crippen molar-refractivity contribution in [2.45, 2.75) is 26.1 Å². The van der Waals surface area contributed by atoms with Crippen LogP contribution in [0, 0.1) is 0 Å². The topological polar surface area (TPSA) is 68.7 Å². The molecule has 0 amide bonds. The van der Waals surface area contributed by atoms with Crippen LogP contribution in [0.5, 0.6) is 11.5 Å². The molecule has 10 heteroatoms. The van der Waals surface area contributed by atoms with E-state index in [0.717, 1.165) is 0 Å². The number of hydrogen-bond donors (Lipinski definition) is 1. The van der Waals surface area contributed by atoms with Gasteiger partial charge in [-0.15, -0.1) is 13.2 Å². The zero-order chi connectivity index (χ0) is 16.2. The Morgan fingerprint density at radius 2 is 2.05 bits per heavy atom. The fraction of sp³-hybridized carbons (Fsp3) is 0.455. The highest BCUT2D eigenvalue weighted by Gasteiger charge is 2.34. The molecule has 1 rings (SSSR count). The van der Waals surface area contributed by atoms with E-state index in [2.05, 4.69) is 14.5 Å². The SMILES string of the molecule is CCOC(=O)Cc1c(OC(F)(F)F)cnc(C(F)F)c1O. The molecule has 1 aromatic heterocycles. The summed E-state index contributed by atoms with van der Waals surface area (Å²) >= 11 is 0. The van der Waals surface area contributed by atoms with Crippen molar-refractivity contribution < 1.29 is 41.3 Å². The van der Waals surface area contributed by atoms with Crippen LogP contribution in [0.1, 0.15) is 24.6 Å². The zero-order valence-electron chi connectivity index (χ0n) is 10.6. The highest BCUT2D eigenvalue weighted by atomic mass is 19.4. The minimum atomic E-state index is -5.14. The summed E-state index contributed by atoms with van der Waals surface area (Å²) in [5.41, 5.74) is -1.92. The summed E-state index contributed by atoms with van der Waals surface area (Å²) in [6.07, 6.45) is -8.87. The van der Waals surface area contributed by atoms with E-state index >= 15 is 0 Å². The van der Waals surface area contributed by atoms with E-state index in [1.54, 1.807) is 0 Å². The second-order valence-electron chi connectivity index (χ2n) is 3.67. The van der Waals surface area contributed by atoms with E-state index < -0.39 is 47.9 Å². The number of nitrogens with zero attached hydrogens (tertiary/aromatic N) is 1. The van der Waals surface area contributed by atoms with E-state index in [1.807, 2.05) is 0 Å². The fourth-order valence-electron chi connectivity index (χ4n) is 1.44. The van der Waals surface area contributed by atoms with Gasteiger partial charge >= 0.3 is 12.3 Å². The zero-order valence-corrected chi connectivity index (χ0v) is 10.6. The van der Waals surface area contributed by atoms with Crippen LogP contribution in [0.4, 0.5) is 22.0 Å². The average Bonchev–Trinajstić information content (AvgIpc) is 2.32. The Morgan fingerprint density at radius 1 is 1.43 bits per heavy atom. The first-order valence-electron chi connectivity index (χ1n) is 5.56. The van der Waals surface area contributed by atoms with Crippen molar-refractivity contribution in [1.29, 1.82) is 0 Å². The van der Waals surface area contributed by atoms with Crippen molar-refractivity contribution in [2.75, 3.05) is 6.61 Å². The summed E-state index contributed by atoms with van der Waals surface area (Å²) in [6.45, 7) is 1.38. The first-order chi connectivity index (χ1) is 9.65. The van der Waals surface area contributed by atoms with Crippen LogP contribution >= 0.6 is 0 Å². The second kappa shape index (κ2) is 6.55. The predicted octanol–water partition coefficient (Wildman–Crippen LogP) is 2.73. The molecule has 5 nitrogen and oxygen atoms in total. The van der Waals surface area contributed by atoms with Gasteiger partial charge in [-0.25, -0.2) is 13.8 Å². The van der Waals surface area contributed by atoms with Crippen molar-refractivity contribution in [3.63, 3.8) is 0 Å². The largest absolute Gasteiger partial charge is 0.573 e. The number of pyridine rings is 1. The number of aromatic nitrogens is 1. The fourth-order valence-corrected chi connectivity index (χ4v) is 1.44. The highest BCUT2D eigenvalue weighted by molar-refractivity contribution is 5.75. The lowest BCUT2D eigenvalue weighted by Crippen LogP contribution is -2.19. The van der Waals surface area contributed by atoms with E-state index in [0.29, 0.717) is 6.20 Å². The number of aromatic hydroxyl groups is 1. The molecule has 0 aliphatic rings. The molecule has 1 N–H and O–H groups in total. The maximum atomic E-state index is 12.6. The summed E-state index contributed by atoms with van der Waals surface area (Å²) < 4.78 is 69.8. The maximum absolute atomic E-state index is 12.6. The van der Waals surface area contributed by atoms with Gasteiger partial charge in [-0.05, 0) is 6.92 Å². The Kier molecular flexibility index (Phi) is 5.28. The van der Waals surface area contributed by atoms with Gasteiger partial charge in [0.2, 0.25) is 0 Å². The van der Waals surface area contributed by atoms with Gasteiger partial charge in [0.25, 0.3) is 6.43 Å². The monoisotopic (exact) mass is 315 g/mol. The Labute approximate surface area is 115 Å². The Morgan fingerprint density at radius 3 is 2.52 bits per heavy atom. The predicted molar refractivity (Wildman–Crippen MR) is 57.9 cm³/mol. The molecule has 0 bridgehead atoms. The molecule has 0 aromatic carbocycles. The number of ether oxygens (including phenoxy) is 2. The van der Waals surface area contributed by atoms with Crippen molar-refractivity contribution >= 4 is 5.97 Å². The van der Waals surface area contributed by atoms with E-state index in [1.165, 1.54) is 6.92 Å². The van der Waals surface area contributed by atoms with Gasteiger partial charge in [0.05, 0.1) is 24.8 Å². The standard InChI is InChI=1S/C11H10F5NO4/c1-2-20-7(18)3-5-6(21-11(14,15)16)4-17-8(9(5)19)10(12)13/h4,10,19H,2-3H2,1H3. The molecule has 0 unspecified atom stereocenters. The lowest BCUT2D eigenvalue weighted by atomic mass is 10.1. The van der Waals surface area contributed by atoms with Crippen molar-refractivity contribution in [3.8, 4) is 11.5 Å². The Balaban J connectivity index is 3.24. The van der Waals surface area contributed by atoms with Gasteiger partial charge in [-0.2, -0.15) is 0 Å². The highest BCUT2D eigenvalue weighted by Crippen LogP contribution is 2.37. The van der Waals surface area contributed by atoms with Crippen LogP contribution in [0.2, 0.25) is 0 Å². The number of carbonyl (C=O) groups excluding carboxylic acids is 1. The van der Waals surface area contributed by atoms with Crippen LogP contribution in [-0.4, -0.2) is 29.0 Å². The van der Waals surface area contributed by atoms with Crippen LogP contribution in [-0.2, 0) is 16.0 Å². The number of hydrogen-bond acceptors (Lipinski definition) is 5. The molecule has 0 aliphatic carbocycles. The smallest absolute Gasteiger partial charge is 0.505 e. The van der Waals surface area contributed by atoms with E-state index in [4.69, 9.17) is 0 Å². The van der Waals surface area contributed by atoms with E-state index in [9.17, 15) is 31.9 Å². The Bertz CT molecular complexity index is 518. The molecule has 0 fully saturated rings. The first-order valence-corrected chi connectivity index (χ1v) is 5.56. The number of esters is 1. The average molecular weight is 315 g/mol. The molecule has 0 saturated carbocycles. The van der Waals surface area contributed by atoms with Crippen LogP contribution < -0.4 is 4.74 Å². The summed E-state index contributed by atoms with van der Waals surface area (Å²) in [6, 6.07) is 0. The number of alkyl halides is 5. The normalized spacial score (nSPS) is 11.6. The third kappa shape index (κ3) is 4.72. The molecule has 0 spiro atoms. The molecule has 1 aromatic rings. The van der Waals surface area contributed by atoms with Crippen LogP contribution in [0.3, 0.4) is 0 Å². The molecule has 0 radical (unpaired) electrons. The summed E-state index contributed by atoms with van der Waals surface area (Å²) in [4.78, 5) is 14.3. The van der Waals surface area contributed by atoms with Gasteiger partial charge in [0, 0.05) is 0 Å². The van der Waals surface area contributed by atoms with Gasteiger partial charge in [0.1, 0.15) is 11.4 Å². The van der Waals surface area contributed by atoms with Gasteiger partial charge in [-0.3, -0.25) is 4.79 Å². The lowest BCUT2D eigenvalue weighted by molar-refractivity contribution is -0.275. The number of carbonyl (C=O) groups is 1. The summed E-state index contributed by atoms with van der Waals surface area (Å²) in [7, 11) is 0. The Hall–Kier alpha value is -2.13. The summed E-state index contributed by atoms with van der Waals surface area (Å²) in [5.74, 6) is -3.29. The van der Waals surface area contributed by atoms with Crippen LogP contribution in [0.25, 0.3) is 0 Å². The van der Waals surface area contributed by atoms with Gasteiger partial charge in [-0.1, -0.05) is 0 Å². The van der Waals surface area contributed by atoms with Crippen molar-refractivity contribution in [1.82, 2.24) is 4.98 Å². The molecule has 1 heterocycles. The van der Waals surface area contributed by atoms with E-state index in [-0.39, 0.29) is 6.61 Å². The molecular weight excluding hydrogens is 305 g/mol. The first kappa shape index (κ1) is 16.9. The number of rotatable bonds is 5. The maximum Gasteiger partial charge on any atom is 0.573 e. The molecular formula is C11H10F5NO4. The molecule has 21 heavy (non-hydrogen) atoms. The quantitative estimate of drug-likeness (QED) is 0.668. The number of halogens is 5. The van der Waals surface area contributed by atoms with Gasteiger partial charge < -0.3 is 14.6 Å². The molecule has 0 atom stereocenters. The minimum Gasteiger partial charge on any atom is -0.505 e. The molecule has 0 aliphatic heterocycles. The van der Waals surface area contributed by atoms with Gasteiger partial charge in [0.15, 0.2) is 5.75 Å². The second-order valence-corrected chi connectivity index (χ2v) is 3.67.